The SMILES string of the molecule is CC(CC(=O)N1CCC2(CCNC2)CC1)c1ccccc1C(F)(F)F. The Balaban J connectivity index is 1.62. The number of hydrogen-bond donors (Lipinski definition) is 1. The standard InChI is InChI=1S/C19H25F3N2O/c1-14(15-4-2-3-5-16(15)19(20,21)22)12-17(25)24-10-7-18(8-11-24)6-9-23-13-18/h2-5,14,23H,6-13H2,1H3. The highest BCUT2D eigenvalue weighted by molar-refractivity contribution is 5.77. The normalized spacial score (nSPS) is 21.5. The number of nitrogens with one attached hydrogen (secondary N) is 1. The van der Waals surface area contributed by atoms with Gasteiger partial charge >= 0.3 is 6.18 Å². The van der Waals surface area contributed by atoms with Crippen molar-refractivity contribution in [1.29, 1.82) is 0 Å². The van der Waals surface area contributed by atoms with Gasteiger partial charge in [0.15, 0.2) is 0 Å². The van der Waals surface area contributed by atoms with E-state index < -0.39 is 17.7 Å². The fourth-order valence-electron chi connectivity index (χ4n) is 4.14. The Morgan fingerprint density at radius 1 is 1.24 bits per heavy atom. The van der Waals surface area contributed by atoms with Gasteiger partial charge in [-0.05, 0) is 48.8 Å². The molecular formula is C19H25F3N2O. The lowest BCUT2D eigenvalue weighted by Crippen LogP contribution is -2.44. The highest BCUT2D eigenvalue weighted by Crippen LogP contribution is 2.38. The van der Waals surface area contributed by atoms with Crippen molar-refractivity contribution in [3.8, 4) is 0 Å². The number of carbonyl (C=O) groups is 1. The molecule has 6 heteroatoms. The second-order valence-electron chi connectivity index (χ2n) is 7.50. The number of alkyl halides is 3. The molecule has 0 bridgehead atoms. The van der Waals surface area contributed by atoms with E-state index in [1.54, 1.807) is 13.0 Å². The van der Waals surface area contributed by atoms with Crippen LogP contribution in [0.3, 0.4) is 0 Å². The second-order valence-corrected chi connectivity index (χ2v) is 7.50. The number of amides is 1. The fourth-order valence-corrected chi connectivity index (χ4v) is 4.14. The molecule has 2 fully saturated rings. The van der Waals surface area contributed by atoms with Crippen LogP contribution in [0.2, 0.25) is 0 Å². The first-order chi connectivity index (χ1) is 11.8. The largest absolute Gasteiger partial charge is 0.416 e. The highest BCUT2D eigenvalue weighted by Gasteiger charge is 2.39. The van der Waals surface area contributed by atoms with E-state index in [1.165, 1.54) is 12.1 Å². The zero-order valence-electron chi connectivity index (χ0n) is 14.5. The van der Waals surface area contributed by atoms with E-state index in [0.717, 1.165) is 38.4 Å². The monoisotopic (exact) mass is 354 g/mol. The van der Waals surface area contributed by atoms with Crippen LogP contribution >= 0.6 is 0 Å². The van der Waals surface area contributed by atoms with Crippen LogP contribution in [0.4, 0.5) is 13.2 Å². The third-order valence-electron chi connectivity index (χ3n) is 5.79. The van der Waals surface area contributed by atoms with E-state index >= 15 is 0 Å². The number of likely N-dealkylation sites (tertiary alicyclic amines) is 1. The Labute approximate surface area is 146 Å². The molecule has 1 spiro atoms. The lowest BCUT2D eigenvalue weighted by molar-refractivity contribution is -0.139. The first kappa shape index (κ1) is 18.2. The molecule has 1 atom stereocenters. The molecule has 2 saturated heterocycles. The van der Waals surface area contributed by atoms with Gasteiger partial charge in [-0.2, -0.15) is 13.2 Å². The summed E-state index contributed by atoms with van der Waals surface area (Å²) in [6.45, 7) is 5.20. The smallest absolute Gasteiger partial charge is 0.343 e. The van der Waals surface area contributed by atoms with Crippen molar-refractivity contribution in [3.63, 3.8) is 0 Å². The molecule has 0 radical (unpaired) electrons. The summed E-state index contributed by atoms with van der Waals surface area (Å²) in [5.41, 5.74) is -0.104. The maximum Gasteiger partial charge on any atom is 0.416 e. The van der Waals surface area contributed by atoms with Crippen LogP contribution < -0.4 is 5.32 Å². The third kappa shape index (κ3) is 4.00. The molecule has 1 unspecified atom stereocenters. The van der Waals surface area contributed by atoms with Crippen molar-refractivity contribution in [2.75, 3.05) is 26.2 Å². The number of hydrogen-bond acceptors (Lipinski definition) is 2. The molecule has 2 heterocycles. The van der Waals surface area contributed by atoms with E-state index in [4.69, 9.17) is 0 Å². The van der Waals surface area contributed by atoms with Gasteiger partial charge in [0.1, 0.15) is 0 Å². The van der Waals surface area contributed by atoms with Crippen LogP contribution in [0, 0.1) is 5.41 Å². The second kappa shape index (κ2) is 6.98. The minimum atomic E-state index is -4.39. The molecule has 2 aliphatic heterocycles. The Morgan fingerprint density at radius 3 is 2.52 bits per heavy atom. The van der Waals surface area contributed by atoms with Gasteiger partial charge in [-0.1, -0.05) is 25.1 Å². The van der Waals surface area contributed by atoms with Crippen molar-refractivity contribution in [2.45, 2.75) is 44.7 Å². The first-order valence-electron chi connectivity index (χ1n) is 8.95. The van der Waals surface area contributed by atoms with E-state index in [-0.39, 0.29) is 17.9 Å². The summed E-state index contributed by atoms with van der Waals surface area (Å²) in [4.78, 5) is 14.4. The van der Waals surface area contributed by atoms with E-state index in [9.17, 15) is 18.0 Å². The van der Waals surface area contributed by atoms with E-state index in [2.05, 4.69) is 5.32 Å². The average molecular weight is 354 g/mol. The summed E-state index contributed by atoms with van der Waals surface area (Å²) >= 11 is 0. The van der Waals surface area contributed by atoms with Crippen LogP contribution in [0.5, 0.6) is 0 Å². The maximum atomic E-state index is 13.2. The van der Waals surface area contributed by atoms with E-state index in [1.807, 2.05) is 4.90 Å². The summed E-state index contributed by atoms with van der Waals surface area (Å²) in [6.07, 6.45) is -1.14. The van der Waals surface area contributed by atoms with Crippen molar-refractivity contribution in [2.24, 2.45) is 5.41 Å². The number of piperidine rings is 1. The molecule has 0 aromatic heterocycles. The number of benzene rings is 1. The first-order valence-corrected chi connectivity index (χ1v) is 8.95. The Kier molecular flexibility index (Phi) is 5.09. The van der Waals surface area contributed by atoms with Crippen molar-refractivity contribution < 1.29 is 18.0 Å². The lowest BCUT2D eigenvalue weighted by Gasteiger charge is -2.39. The molecule has 1 aromatic carbocycles. The number of carbonyl (C=O) groups excluding carboxylic acids is 1. The molecule has 2 aliphatic rings. The fraction of sp³-hybridized carbons (Fsp3) is 0.632. The molecule has 25 heavy (non-hydrogen) atoms. The van der Waals surface area contributed by atoms with Gasteiger partial charge in [0.25, 0.3) is 0 Å². The molecule has 1 N–H and O–H groups in total. The van der Waals surface area contributed by atoms with E-state index in [0.29, 0.717) is 18.5 Å². The molecule has 138 valence electrons. The third-order valence-corrected chi connectivity index (χ3v) is 5.79. The summed E-state index contributed by atoms with van der Waals surface area (Å²) in [6, 6.07) is 5.56. The highest BCUT2D eigenvalue weighted by atomic mass is 19.4. The minimum absolute atomic E-state index is 0.0368. The van der Waals surface area contributed by atoms with Gasteiger partial charge in [-0.3, -0.25) is 4.79 Å². The zero-order chi connectivity index (χ0) is 18.1. The van der Waals surface area contributed by atoms with Gasteiger partial charge < -0.3 is 10.2 Å². The quantitative estimate of drug-likeness (QED) is 0.895. The van der Waals surface area contributed by atoms with Gasteiger partial charge in [0.2, 0.25) is 5.91 Å². The molecule has 1 aromatic rings. The summed E-state index contributed by atoms with van der Waals surface area (Å²) < 4.78 is 39.5. The van der Waals surface area contributed by atoms with Gasteiger partial charge in [-0.15, -0.1) is 0 Å². The Hall–Kier alpha value is -1.56. The van der Waals surface area contributed by atoms with Gasteiger partial charge in [-0.25, -0.2) is 0 Å². The molecule has 3 nitrogen and oxygen atoms in total. The molecule has 0 saturated carbocycles. The van der Waals surface area contributed by atoms with Crippen LogP contribution in [0.15, 0.2) is 24.3 Å². The summed E-state index contributed by atoms with van der Waals surface area (Å²) in [5.74, 6) is -0.486. The van der Waals surface area contributed by atoms with Crippen LogP contribution in [0.25, 0.3) is 0 Å². The predicted molar refractivity (Wildman–Crippen MR) is 90.2 cm³/mol. The maximum absolute atomic E-state index is 13.2. The average Bonchev–Trinajstić information content (AvgIpc) is 3.02. The number of rotatable bonds is 3. The predicted octanol–water partition coefficient (Wildman–Crippen LogP) is 3.80. The van der Waals surface area contributed by atoms with Gasteiger partial charge in [0.05, 0.1) is 5.56 Å². The van der Waals surface area contributed by atoms with Crippen molar-refractivity contribution in [3.05, 3.63) is 35.4 Å². The van der Waals surface area contributed by atoms with Crippen LogP contribution in [-0.2, 0) is 11.0 Å². The van der Waals surface area contributed by atoms with Crippen molar-refractivity contribution >= 4 is 5.91 Å². The topological polar surface area (TPSA) is 32.3 Å². The molecule has 1 amide bonds. The molecule has 3 rings (SSSR count). The minimum Gasteiger partial charge on any atom is -0.343 e. The summed E-state index contributed by atoms with van der Waals surface area (Å²) in [5, 5.41) is 3.39. The number of nitrogens with zero attached hydrogens (tertiary/aromatic N) is 1. The molecular weight excluding hydrogens is 329 g/mol. The zero-order valence-corrected chi connectivity index (χ0v) is 14.5. The number of halogens is 3. The van der Waals surface area contributed by atoms with Crippen LogP contribution in [0.1, 0.15) is 49.7 Å². The Bertz CT molecular complexity index is 613. The van der Waals surface area contributed by atoms with Crippen LogP contribution in [-0.4, -0.2) is 37.0 Å². The molecule has 0 aliphatic carbocycles. The Morgan fingerprint density at radius 2 is 1.92 bits per heavy atom. The van der Waals surface area contributed by atoms with Crippen molar-refractivity contribution in [1.82, 2.24) is 10.2 Å². The lowest BCUT2D eigenvalue weighted by atomic mass is 9.77. The van der Waals surface area contributed by atoms with Gasteiger partial charge in [0, 0.05) is 26.1 Å². The summed E-state index contributed by atoms with van der Waals surface area (Å²) in [7, 11) is 0.